The van der Waals surface area contributed by atoms with Gasteiger partial charge in [0.2, 0.25) is 5.91 Å². The van der Waals surface area contributed by atoms with Crippen LogP contribution in [-0.2, 0) is 20.7 Å². The molecule has 0 bridgehead atoms. The van der Waals surface area contributed by atoms with Crippen LogP contribution in [0.25, 0.3) is 0 Å². The topological polar surface area (TPSA) is 95.9 Å². The van der Waals surface area contributed by atoms with E-state index in [2.05, 4.69) is 5.32 Å². The Kier molecular flexibility index (Phi) is 5.67. The molecule has 1 saturated heterocycles. The zero-order valence-corrected chi connectivity index (χ0v) is 12.2. The predicted octanol–water partition coefficient (Wildman–Crippen LogP) is 0.665. The third kappa shape index (κ3) is 5.29. The van der Waals surface area contributed by atoms with Gasteiger partial charge in [-0.25, -0.2) is 8.78 Å². The molecule has 1 fully saturated rings. The van der Waals surface area contributed by atoms with Gasteiger partial charge in [-0.05, 0) is 30.5 Å². The number of carboxylic acids is 1. The molecule has 0 saturated carbocycles. The first kappa shape index (κ1) is 17.4. The summed E-state index contributed by atoms with van der Waals surface area (Å²) in [4.78, 5) is 22.5. The fraction of sp³-hybridized carbons (Fsp3) is 0.429. The van der Waals surface area contributed by atoms with Crippen LogP contribution in [0.2, 0.25) is 0 Å². The van der Waals surface area contributed by atoms with Crippen molar-refractivity contribution in [3.05, 3.63) is 35.4 Å². The number of halogens is 2. The first-order valence-corrected chi connectivity index (χ1v) is 7.13. The molecule has 0 aromatic heterocycles. The average molecular weight is 327 g/mol. The monoisotopic (exact) mass is 327 g/mol. The van der Waals surface area contributed by atoms with Crippen molar-refractivity contribution in [1.29, 1.82) is 0 Å². The summed E-state index contributed by atoms with van der Waals surface area (Å²) in [6.07, 6.45) is -0.338. The molecule has 9 heteroatoms. The van der Waals surface area contributed by atoms with Crippen molar-refractivity contribution in [2.24, 2.45) is 0 Å². The fourth-order valence-electron chi connectivity index (χ4n) is 2.51. The molecule has 2 rings (SSSR count). The van der Waals surface area contributed by atoms with E-state index in [4.69, 9.17) is 9.76 Å². The summed E-state index contributed by atoms with van der Waals surface area (Å²) >= 11 is 0. The number of aliphatic carboxylic acids is 1. The Morgan fingerprint density at radius 3 is 2.48 bits per heavy atom. The summed E-state index contributed by atoms with van der Waals surface area (Å²) in [6.45, 7) is 0. The van der Waals surface area contributed by atoms with Crippen LogP contribution in [0.15, 0.2) is 18.2 Å². The van der Waals surface area contributed by atoms with Crippen molar-refractivity contribution in [2.75, 3.05) is 0 Å². The van der Waals surface area contributed by atoms with E-state index >= 15 is 0 Å². The molecule has 2 atom stereocenters. The molecule has 23 heavy (non-hydrogen) atoms. The quantitative estimate of drug-likeness (QED) is 0.691. The Morgan fingerprint density at radius 1 is 1.26 bits per heavy atom. The normalized spacial score (nSPS) is 21.1. The summed E-state index contributed by atoms with van der Waals surface area (Å²) in [6, 6.07) is 2.82. The van der Waals surface area contributed by atoms with E-state index in [1.807, 2.05) is 0 Å². The molecule has 0 aliphatic carbocycles. The van der Waals surface area contributed by atoms with Crippen molar-refractivity contribution < 1.29 is 33.2 Å². The molecule has 1 unspecified atom stereocenters. The standard InChI is InChI=1S/C14H16BF2NO5/c16-9-3-8(4-10(17)6-9)5-13(19)18-12-2-1-11(7-14(20)21)23-15(12)22/h3-4,6,11-12,22H,1-2,5,7H2,(H,18,19)(H,20,21)/t11?,12-/m0/s1. The molecule has 124 valence electrons. The third-order valence-electron chi connectivity index (χ3n) is 3.51. The minimum Gasteiger partial charge on any atom is -0.481 e. The number of nitrogens with one attached hydrogen (secondary N) is 1. The van der Waals surface area contributed by atoms with Crippen LogP contribution in [0.4, 0.5) is 8.78 Å². The smallest absolute Gasteiger partial charge is 0.478 e. The van der Waals surface area contributed by atoms with Gasteiger partial charge in [0.25, 0.3) is 0 Å². The molecular weight excluding hydrogens is 311 g/mol. The third-order valence-corrected chi connectivity index (χ3v) is 3.51. The number of carbonyl (C=O) groups is 2. The van der Waals surface area contributed by atoms with Crippen LogP contribution in [0.5, 0.6) is 0 Å². The van der Waals surface area contributed by atoms with E-state index in [9.17, 15) is 23.4 Å². The van der Waals surface area contributed by atoms with Gasteiger partial charge in [0.1, 0.15) is 11.6 Å². The van der Waals surface area contributed by atoms with Crippen LogP contribution in [0.3, 0.4) is 0 Å². The summed E-state index contributed by atoms with van der Waals surface area (Å²) in [5.74, 6) is -3.78. The summed E-state index contributed by atoms with van der Waals surface area (Å²) in [5, 5.41) is 21.0. The van der Waals surface area contributed by atoms with Gasteiger partial charge < -0.3 is 20.1 Å². The number of hydrogen-bond donors (Lipinski definition) is 3. The zero-order valence-electron chi connectivity index (χ0n) is 12.2. The van der Waals surface area contributed by atoms with E-state index in [0.29, 0.717) is 18.9 Å². The fourth-order valence-corrected chi connectivity index (χ4v) is 2.51. The van der Waals surface area contributed by atoms with Crippen LogP contribution in [-0.4, -0.2) is 41.2 Å². The highest BCUT2D eigenvalue weighted by atomic mass is 19.1. The lowest BCUT2D eigenvalue weighted by Gasteiger charge is -2.30. The molecule has 0 spiro atoms. The lowest BCUT2D eigenvalue weighted by Crippen LogP contribution is -2.53. The van der Waals surface area contributed by atoms with E-state index < -0.39 is 42.7 Å². The maximum absolute atomic E-state index is 13.1. The Labute approximate surface area is 131 Å². The Morgan fingerprint density at radius 2 is 1.91 bits per heavy atom. The van der Waals surface area contributed by atoms with Gasteiger partial charge in [-0.2, -0.15) is 0 Å². The Balaban J connectivity index is 1.87. The van der Waals surface area contributed by atoms with Gasteiger partial charge in [0.15, 0.2) is 0 Å². The van der Waals surface area contributed by atoms with Crippen LogP contribution in [0.1, 0.15) is 24.8 Å². The lowest BCUT2D eigenvalue weighted by atomic mass is 9.72. The van der Waals surface area contributed by atoms with Crippen molar-refractivity contribution in [1.82, 2.24) is 5.32 Å². The van der Waals surface area contributed by atoms with Gasteiger partial charge in [-0.3, -0.25) is 9.59 Å². The molecule has 6 nitrogen and oxygen atoms in total. The van der Waals surface area contributed by atoms with Crippen LogP contribution in [0, 0.1) is 11.6 Å². The number of benzene rings is 1. The van der Waals surface area contributed by atoms with Gasteiger partial charge in [0.05, 0.1) is 24.9 Å². The number of carboxylic acid groups (broad SMARTS) is 1. The van der Waals surface area contributed by atoms with Crippen molar-refractivity contribution in [3.63, 3.8) is 0 Å². The van der Waals surface area contributed by atoms with E-state index in [1.54, 1.807) is 0 Å². The summed E-state index contributed by atoms with van der Waals surface area (Å²) in [5.41, 5.74) is 0.176. The second-order valence-electron chi connectivity index (χ2n) is 5.45. The van der Waals surface area contributed by atoms with Crippen molar-refractivity contribution >= 4 is 19.0 Å². The molecular formula is C14H16BF2NO5. The largest absolute Gasteiger partial charge is 0.481 e. The predicted molar refractivity (Wildman–Crippen MR) is 76.3 cm³/mol. The number of hydrogen-bond acceptors (Lipinski definition) is 4. The highest BCUT2D eigenvalue weighted by molar-refractivity contribution is 6.45. The molecule has 1 aromatic carbocycles. The summed E-state index contributed by atoms with van der Waals surface area (Å²) < 4.78 is 31.3. The molecule has 1 aromatic rings. The van der Waals surface area contributed by atoms with Crippen LogP contribution < -0.4 is 5.32 Å². The lowest BCUT2D eigenvalue weighted by molar-refractivity contribution is -0.139. The molecule has 1 amide bonds. The average Bonchev–Trinajstić information content (AvgIpc) is 2.40. The van der Waals surface area contributed by atoms with Crippen LogP contribution >= 0.6 is 0 Å². The second-order valence-corrected chi connectivity index (χ2v) is 5.45. The highest BCUT2D eigenvalue weighted by Gasteiger charge is 2.36. The zero-order chi connectivity index (χ0) is 17.0. The number of carbonyl (C=O) groups excluding carboxylic acids is 1. The number of rotatable bonds is 5. The molecule has 1 aliphatic heterocycles. The molecule has 0 radical (unpaired) electrons. The molecule has 1 heterocycles. The minimum atomic E-state index is -1.32. The van der Waals surface area contributed by atoms with Crippen molar-refractivity contribution in [3.8, 4) is 0 Å². The van der Waals surface area contributed by atoms with Gasteiger partial charge in [-0.1, -0.05) is 0 Å². The highest BCUT2D eigenvalue weighted by Crippen LogP contribution is 2.19. The second kappa shape index (κ2) is 7.52. The minimum absolute atomic E-state index is 0.176. The van der Waals surface area contributed by atoms with Gasteiger partial charge in [-0.15, -0.1) is 0 Å². The van der Waals surface area contributed by atoms with Gasteiger partial charge >= 0.3 is 13.1 Å². The maximum Gasteiger partial charge on any atom is 0.478 e. The van der Waals surface area contributed by atoms with E-state index in [0.717, 1.165) is 12.1 Å². The van der Waals surface area contributed by atoms with E-state index in [1.165, 1.54) is 0 Å². The first-order chi connectivity index (χ1) is 10.8. The summed E-state index contributed by atoms with van der Waals surface area (Å²) in [7, 11) is -1.32. The SMILES string of the molecule is O=C(O)CC1CC[C@H](NC(=O)Cc2cc(F)cc(F)c2)B(O)O1. The Bertz CT molecular complexity index is 580. The first-order valence-electron chi connectivity index (χ1n) is 7.13. The molecule has 1 aliphatic rings. The molecule has 3 N–H and O–H groups in total. The van der Waals surface area contributed by atoms with Gasteiger partial charge in [0, 0.05) is 6.07 Å². The van der Waals surface area contributed by atoms with E-state index in [-0.39, 0.29) is 18.4 Å². The maximum atomic E-state index is 13.1. The number of amides is 1. The Hall–Kier alpha value is -2.00. The van der Waals surface area contributed by atoms with Crippen molar-refractivity contribution in [2.45, 2.75) is 37.7 Å².